The molecule has 2 rings (SSSR count). The number of aromatic carboxylic acids is 1. The lowest BCUT2D eigenvalue weighted by Gasteiger charge is -2.07. The fraction of sp³-hybridized carbons (Fsp3) is 0.0769. The first-order valence-corrected chi connectivity index (χ1v) is 4.91. The van der Waals surface area contributed by atoms with Gasteiger partial charge in [-0.15, -0.1) is 0 Å². The Morgan fingerprint density at radius 1 is 1.00 bits per heavy atom. The van der Waals surface area contributed by atoms with Gasteiger partial charge in [0.1, 0.15) is 0 Å². The summed E-state index contributed by atoms with van der Waals surface area (Å²) in [4.78, 5) is 23.0. The molecule has 0 unspecified atom stereocenters. The highest BCUT2D eigenvalue weighted by molar-refractivity contribution is 6.08. The van der Waals surface area contributed by atoms with Gasteiger partial charge in [-0.3, -0.25) is 4.79 Å². The van der Waals surface area contributed by atoms with Crippen LogP contribution >= 0.6 is 0 Å². The standard InChI is InChI=1S/C13H10O3/c14-12(9-5-1-2-6-9)10-7-3-4-8-11(10)13(15)16/h1-9H,(H,15,16). The Balaban J connectivity index is 2.40. The summed E-state index contributed by atoms with van der Waals surface area (Å²) in [5.74, 6) is -1.58. The molecular weight excluding hydrogens is 204 g/mol. The smallest absolute Gasteiger partial charge is 0.336 e. The van der Waals surface area contributed by atoms with E-state index in [1.54, 1.807) is 42.5 Å². The number of carboxylic acid groups (broad SMARTS) is 1. The highest BCUT2D eigenvalue weighted by Crippen LogP contribution is 2.19. The first-order chi connectivity index (χ1) is 7.70. The van der Waals surface area contributed by atoms with Gasteiger partial charge in [-0.05, 0) is 6.07 Å². The van der Waals surface area contributed by atoms with Crippen molar-refractivity contribution in [2.45, 2.75) is 0 Å². The largest absolute Gasteiger partial charge is 0.478 e. The fourth-order valence-electron chi connectivity index (χ4n) is 1.67. The maximum atomic E-state index is 12.0. The van der Waals surface area contributed by atoms with Crippen LogP contribution in [0.5, 0.6) is 0 Å². The van der Waals surface area contributed by atoms with Crippen molar-refractivity contribution in [1.29, 1.82) is 0 Å². The molecule has 3 nitrogen and oxygen atoms in total. The molecule has 0 amide bonds. The van der Waals surface area contributed by atoms with Crippen LogP contribution in [0.2, 0.25) is 0 Å². The van der Waals surface area contributed by atoms with Gasteiger partial charge in [0.25, 0.3) is 0 Å². The Bertz CT molecular complexity index is 486. The van der Waals surface area contributed by atoms with Crippen LogP contribution in [0.1, 0.15) is 20.7 Å². The van der Waals surface area contributed by atoms with E-state index in [2.05, 4.69) is 0 Å². The molecule has 0 saturated heterocycles. The number of hydrogen-bond acceptors (Lipinski definition) is 2. The van der Waals surface area contributed by atoms with E-state index in [0.717, 1.165) is 0 Å². The molecule has 0 spiro atoms. The van der Waals surface area contributed by atoms with Crippen LogP contribution in [-0.4, -0.2) is 16.9 Å². The summed E-state index contributed by atoms with van der Waals surface area (Å²) >= 11 is 0. The minimum atomic E-state index is -1.07. The highest BCUT2D eigenvalue weighted by Gasteiger charge is 2.21. The van der Waals surface area contributed by atoms with Gasteiger partial charge in [0.05, 0.1) is 11.5 Å². The van der Waals surface area contributed by atoms with Crippen molar-refractivity contribution in [3.8, 4) is 0 Å². The summed E-state index contributed by atoms with van der Waals surface area (Å²) in [6.45, 7) is 0. The second kappa shape index (κ2) is 4.14. The monoisotopic (exact) mass is 214 g/mol. The second-order valence-electron chi connectivity index (χ2n) is 3.51. The fourth-order valence-corrected chi connectivity index (χ4v) is 1.67. The number of rotatable bonds is 3. The zero-order chi connectivity index (χ0) is 11.5. The third-order valence-electron chi connectivity index (χ3n) is 2.47. The highest BCUT2D eigenvalue weighted by atomic mass is 16.4. The molecule has 0 saturated carbocycles. The SMILES string of the molecule is O=C(O)c1ccccc1C(=O)C1C=CC=C1. The van der Waals surface area contributed by atoms with Crippen molar-refractivity contribution in [1.82, 2.24) is 0 Å². The predicted octanol–water partition coefficient (Wildman–Crippen LogP) is 2.31. The quantitative estimate of drug-likeness (QED) is 0.785. The van der Waals surface area contributed by atoms with E-state index >= 15 is 0 Å². The van der Waals surface area contributed by atoms with Crippen molar-refractivity contribution < 1.29 is 14.7 Å². The van der Waals surface area contributed by atoms with E-state index in [4.69, 9.17) is 5.11 Å². The molecule has 1 aliphatic carbocycles. The van der Waals surface area contributed by atoms with Gasteiger partial charge < -0.3 is 5.11 Å². The van der Waals surface area contributed by atoms with Gasteiger partial charge in [-0.2, -0.15) is 0 Å². The van der Waals surface area contributed by atoms with Crippen LogP contribution < -0.4 is 0 Å². The summed E-state index contributed by atoms with van der Waals surface area (Å²) in [7, 11) is 0. The van der Waals surface area contributed by atoms with Crippen molar-refractivity contribution in [2.24, 2.45) is 5.92 Å². The summed E-state index contributed by atoms with van der Waals surface area (Å²) in [5, 5.41) is 8.97. The van der Waals surface area contributed by atoms with Crippen molar-refractivity contribution >= 4 is 11.8 Å². The Hall–Kier alpha value is -2.16. The molecule has 1 aromatic rings. The van der Waals surface area contributed by atoms with E-state index in [0.29, 0.717) is 0 Å². The molecule has 0 atom stereocenters. The molecule has 3 heteroatoms. The lowest BCUT2D eigenvalue weighted by atomic mass is 9.95. The Kier molecular flexibility index (Phi) is 2.68. The lowest BCUT2D eigenvalue weighted by Crippen LogP contribution is -2.14. The third-order valence-corrected chi connectivity index (χ3v) is 2.47. The molecule has 0 fully saturated rings. The number of carboxylic acids is 1. The van der Waals surface area contributed by atoms with Crippen LogP contribution in [0.25, 0.3) is 0 Å². The van der Waals surface area contributed by atoms with Crippen molar-refractivity contribution in [2.75, 3.05) is 0 Å². The Morgan fingerprint density at radius 3 is 2.12 bits per heavy atom. The Labute approximate surface area is 92.7 Å². The van der Waals surface area contributed by atoms with E-state index < -0.39 is 5.97 Å². The van der Waals surface area contributed by atoms with Crippen molar-refractivity contribution in [3.63, 3.8) is 0 Å². The minimum Gasteiger partial charge on any atom is -0.478 e. The zero-order valence-corrected chi connectivity index (χ0v) is 8.46. The molecule has 0 bridgehead atoms. The molecule has 16 heavy (non-hydrogen) atoms. The number of allylic oxidation sites excluding steroid dienone is 4. The van der Waals surface area contributed by atoms with Gasteiger partial charge >= 0.3 is 5.97 Å². The van der Waals surface area contributed by atoms with E-state index in [9.17, 15) is 9.59 Å². The lowest BCUT2D eigenvalue weighted by molar-refractivity contribution is 0.0691. The van der Waals surface area contributed by atoms with E-state index in [1.165, 1.54) is 6.07 Å². The van der Waals surface area contributed by atoms with Gasteiger partial charge in [0, 0.05) is 5.56 Å². The summed E-state index contributed by atoms with van der Waals surface area (Å²) in [6, 6.07) is 6.27. The first kappa shape index (κ1) is 10.4. The summed E-state index contributed by atoms with van der Waals surface area (Å²) < 4.78 is 0. The van der Waals surface area contributed by atoms with E-state index in [-0.39, 0.29) is 22.8 Å². The average Bonchev–Trinajstić information content (AvgIpc) is 2.81. The van der Waals surface area contributed by atoms with E-state index in [1.807, 2.05) is 0 Å². The van der Waals surface area contributed by atoms with Crippen LogP contribution in [0.4, 0.5) is 0 Å². The van der Waals surface area contributed by atoms with Gasteiger partial charge in [-0.25, -0.2) is 4.79 Å². The molecule has 1 aliphatic rings. The molecule has 80 valence electrons. The molecule has 1 aromatic carbocycles. The minimum absolute atomic E-state index is 0.0567. The normalized spacial score (nSPS) is 14.2. The number of hydrogen-bond donors (Lipinski definition) is 1. The number of ketones is 1. The van der Waals surface area contributed by atoms with Crippen molar-refractivity contribution in [3.05, 3.63) is 59.7 Å². The molecule has 0 radical (unpaired) electrons. The molecule has 1 N–H and O–H groups in total. The third kappa shape index (κ3) is 1.80. The first-order valence-electron chi connectivity index (χ1n) is 4.91. The molecule has 0 aliphatic heterocycles. The topological polar surface area (TPSA) is 54.4 Å². The van der Waals surface area contributed by atoms with Gasteiger partial charge in [0.15, 0.2) is 5.78 Å². The van der Waals surface area contributed by atoms with Crippen LogP contribution in [0, 0.1) is 5.92 Å². The Morgan fingerprint density at radius 2 is 1.56 bits per heavy atom. The maximum Gasteiger partial charge on any atom is 0.336 e. The van der Waals surface area contributed by atoms with Gasteiger partial charge in [-0.1, -0.05) is 42.5 Å². The molecular formula is C13H10O3. The zero-order valence-electron chi connectivity index (χ0n) is 8.46. The predicted molar refractivity (Wildman–Crippen MR) is 59.5 cm³/mol. The number of benzene rings is 1. The maximum absolute atomic E-state index is 12.0. The molecule has 0 aromatic heterocycles. The van der Waals surface area contributed by atoms with Crippen LogP contribution in [0.15, 0.2) is 48.6 Å². The summed E-state index contributed by atoms with van der Waals surface area (Å²) in [6.07, 6.45) is 7.07. The second-order valence-corrected chi connectivity index (χ2v) is 3.51. The van der Waals surface area contributed by atoms with Crippen LogP contribution in [-0.2, 0) is 0 Å². The number of carbonyl (C=O) groups excluding carboxylic acids is 1. The van der Waals surface area contributed by atoms with Crippen LogP contribution in [0.3, 0.4) is 0 Å². The average molecular weight is 214 g/mol. The molecule has 0 heterocycles. The number of Topliss-reactive ketones (excluding diaryl/α,β-unsaturated/α-hetero) is 1. The van der Waals surface area contributed by atoms with Gasteiger partial charge in [0.2, 0.25) is 0 Å². The number of carbonyl (C=O) groups is 2. The summed E-state index contributed by atoms with van der Waals surface area (Å²) in [5.41, 5.74) is 0.317.